The first-order valence-corrected chi connectivity index (χ1v) is 8.83. The summed E-state index contributed by atoms with van der Waals surface area (Å²) >= 11 is 0. The van der Waals surface area contributed by atoms with E-state index in [1.807, 2.05) is 6.08 Å². The Bertz CT molecular complexity index is 525. The van der Waals surface area contributed by atoms with E-state index in [0.717, 1.165) is 26.1 Å². The van der Waals surface area contributed by atoms with Crippen molar-refractivity contribution in [2.75, 3.05) is 20.3 Å². The van der Waals surface area contributed by atoms with Gasteiger partial charge >= 0.3 is 0 Å². The van der Waals surface area contributed by atoms with Crippen LogP contribution in [0.5, 0.6) is 0 Å². The van der Waals surface area contributed by atoms with Crippen LogP contribution in [0.1, 0.15) is 46.0 Å². The number of rotatable bonds is 1. The third kappa shape index (κ3) is 1.91. The highest BCUT2D eigenvalue weighted by Crippen LogP contribution is 2.63. The molecule has 3 fully saturated rings. The molecule has 0 N–H and O–H groups in total. The monoisotopic (exact) mass is 304 g/mol. The highest BCUT2D eigenvalue weighted by molar-refractivity contribution is 5.91. The fourth-order valence-corrected chi connectivity index (χ4v) is 6.12. The molecule has 3 aliphatic carbocycles. The second kappa shape index (κ2) is 4.91. The number of methoxy groups -OCH3 is 1. The average Bonchev–Trinajstić information content (AvgIpc) is 2.89. The SMILES string of the molecule is COC1C[C@@H]2[C@@H](CC[C@]3(C)COC[C@@H]23)[C@@]2(C)CCC(=O)C=C12. The van der Waals surface area contributed by atoms with Gasteiger partial charge in [0, 0.05) is 13.5 Å². The van der Waals surface area contributed by atoms with Crippen LogP contribution in [0.3, 0.4) is 0 Å². The van der Waals surface area contributed by atoms with Gasteiger partial charge in [0.25, 0.3) is 0 Å². The molecule has 1 heterocycles. The Hall–Kier alpha value is -0.670. The molecular formula is C19H28O3. The predicted octanol–water partition coefficient (Wildman–Crippen LogP) is 3.38. The lowest BCUT2D eigenvalue weighted by atomic mass is 9.47. The van der Waals surface area contributed by atoms with E-state index in [0.29, 0.717) is 29.6 Å². The second-order valence-electron chi connectivity index (χ2n) is 8.53. The first kappa shape index (κ1) is 14.9. The van der Waals surface area contributed by atoms with Gasteiger partial charge in [-0.25, -0.2) is 0 Å². The van der Waals surface area contributed by atoms with E-state index in [9.17, 15) is 4.79 Å². The Kier molecular flexibility index (Phi) is 3.32. The third-order valence-electron chi connectivity index (χ3n) is 7.49. The van der Waals surface area contributed by atoms with Crippen LogP contribution in [0.25, 0.3) is 0 Å². The predicted molar refractivity (Wildman–Crippen MR) is 84.5 cm³/mol. The molecule has 0 spiro atoms. The minimum absolute atomic E-state index is 0.124. The molecule has 1 saturated heterocycles. The van der Waals surface area contributed by atoms with Crippen molar-refractivity contribution >= 4 is 5.78 Å². The van der Waals surface area contributed by atoms with Crippen molar-refractivity contribution in [1.82, 2.24) is 0 Å². The van der Waals surface area contributed by atoms with Gasteiger partial charge in [-0.3, -0.25) is 4.79 Å². The minimum Gasteiger partial charge on any atom is -0.381 e. The summed E-state index contributed by atoms with van der Waals surface area (Å²) in [6, 6.07) is 0. The number of ketones is 1. The standard InChI is InChI=1S/C19H28O3/c1-18-6-5-14-13(16(18)10-22-11-18)9-17(21-3)15-8-12(20)4-7-19(14,15)2/h8,13-14,16-17H,4-7,9-11H2,1-3H3/t13-,14-,16+,17?,18-,19-/m1/s1. The molecule has 1 aliphatic heterocycles. The Morgan fingerprint density at radius 3 is 2.86 bits per heavy atom. The molecule has 0 amide bonds. The van der Waals surface area contributed by atoms with E-state index in [1.54, 1.807) is 7.11 Å². The molecule has 0 aromatic rings. The molecule has 4 rings (SSSR count). The quantitative estimate of drug-likeness (QED) is 0.745. The molecule has 0 radical (unpaired) electrons. The Labute approximate surface area is 133 Å². The van der Waals surface area contributed by atoms with E-state index in [1.165, 1.54) is 18.4 Å². The number of hydrogen-bond acceptors (Lipinski definition) is 3. The van der Waals surface area contributed by atoms with Crippen molar-refractivity contribution < 1.29 is 14.3 Å². The number of hydrogen-bond donors (Lipinski definition) is 0. The molecule has 3 heteroatoms. The van der Waals surface area contributed by atoms with Gasteiger partial charge in [0.15, 0.2) is 5.78 Å². The normalized spacial score (nSPS) is 50.9. The maximum atomic E-state index is 12.0. The molecule has 0 aromatic carbocycles. The van der Waals surface area contributed by atoms with Crippen molar-refractivity contribution in [2.45, 2.75) is 52.1 Å². The molecular weight excluding hydrogens is 276 g/mol. The number of allylic oxidation sites excluding steroid dienone is 1. The highest BCUT2D eigenvalue weighted by atomic mass is 16.5. The minimum atomic E-state index is 0.124. The fourth-order valence-electron chi connectivity index (χ4n) is 6.12. The Morgan fingerprint density at radius 2 is 2.09 bits per heavy atom. The zero-order chi connectivity index (χ0) is 15.5. The van der Waals surface area contributed by atoms with E-state index >= 15 is 0 Å². The Morgan fingerprint density at radius 1 is 1.27 bits per heavy atom. The van der Waals surface area contributed by atoms with Crippen LogP contribution in [0, 0.1) is 28.6 Å². The number of carbonyl (C=O) groups excluding carboxylic acids is 1. The molecule has 0 bridgehead atoms. The summed E-state index contributed by atoms with van der Waals surface area (Å²) in [6.45, 7) is 6.66. The number of fused-ring (bicyclic) bond motifs is 5. The number of ether oxygens (including phenoxy) is 2. The molecule has 0 aromatic heterocycles. The summed E-state index contributed by atoms with van der Waals surface area (Å²) in [5, 5.41) is 0. The maximum Gasteiger partial charge on any atom is 0.155 e. The van der Waals surface area contributed by atoms with Gasteiger partial charge in [0.05, 0.1) is 19.3 Å². The molecule has 122 valence electrons. The van der Waals surface area contributed by atoms with Crippen LogP contribution in [0.4, 0.5) is 0 Å². The summed E-state index contributed by atoms with van der Waals surface area (Å²) in [4.78, 5) is 12.0. The molecule has 22 heavy (non-hydrogen) atoms. The summed E-state index contributed by atoms with van der Waals surface area (Å²) in [5.74, 6) is 2.33. The van der Waals surface area contributed by atoms with Gasteiger partial charge in [-0.15, -0.1) is 0 Å². The largest absolute Gasteiger partial charge is 0.381 e. The molecule has 2 saturated carbocycles. The van der Waals surface area contributed by atoms with Crippen LogP contribution in [0.2, 0.25) is 0 Å². The van der Waals surface area contributed by atoms with Crippen LogP contribution in [-0.2, 0) is 14.3 Å². The van der Waals surface area contributed by atoms with Gasteiger partial charge in [0.2, 0.25) is 0 Å². The van der Waals surface area contributed by atoms with E-state index in [-0.39, 0.29) is 17.3 Å². The first-order chi connectivity index (χ1) is 10.5. The summed E-state index contributed by atoms with van der Waals surface area (Å²) in [7, 11) is 1.80. The van der Waals surface area contributed by atoms with E-state index in [2.05, 4.69) is 13.8 Å². The zero-order valence-corrected chi connectivity index (χ0v) is 14.1. The topological polar surface area (TPSA) is 35.5 Å². The molecule has 3 nitrogen and oxygen atoms in total. The van der Waals surface area contributed by atoms with Crippen LogP contribution < -0.4 is 0 Å². The second-order valence-corrected chi connectivity index (χ2v) is 8.53. The van der Waals surface area contributed by atoms with Gasteiger partial charge < -0.3 is 9.47 Å². The van der Waals surface area contributed by atoms with Crippen molar-refractivity contribution in [3.8, 4) is 0 Å². The lowest BCUT2D eigenvalue weighted by Crippen LogP contribution is -2.54. The fraction of sp³-hybridized carbons (Fsp3) is 0.842. The first-order valence-electron chi connectivity index (χ1n) is 8.83. The van der Waals surface area contributed by atoms with Gasteiger partial charge in [-0.1, -0.05) is 13.8 Å². The summed E-state index contributed by atoms with van der Waals surface area (Å²) in [6.07, 6.45) is 7.37. The zero-order valence-electron chi connectivity index (χ0n) is 14.1. The smallest absolute Gasteiger partial charge is 0.155 e. The molecule has 6 atom stereocenters. The summed E-state index contributed by atoms with van der Waals surface area (Å²) in [5.41, 5.74) is 1.80. The van der Waals surface area contributed by atoms with Crippen LogP contribution in [0.15, 0.2) is 11.6 Å². The van der Waals surface area contributed by atoms with Gasteiger partial charge in [-0.2, -0.15) is 0 Å². The van der Waals surface area contributed by atoms with Crippen molar-refractivity contribution in [3.63, 3.8) is 0 Å². The lowest BCUT2D eigenvalue weighted by Gasteiger charge is -2.58. The van der Waals surface area contributed by atoms with E-state index < -0.39 is 0 Å². The van der Waals surface area contributed by atoms with Crippen molar-refractivity contribution in [1.29, 1.82) is 0 Å². The third-order valence-corrected chi connectivity index (χ3v) is 7.49. The summed E-state index contributed by atoms with van der Waals surface area (Å²) < 4.78 is 11.7. The molecule has 1 unspecified atom stereocenters. The van der Waals surface area contributed by atoms with Crippen molar-refractivity contribution in [3.05, 3.63) is 11.6 Å². The van der Waals surface area contributed by atoms with Crippen LogP contribution >= 0.6 is 0 Å². The lowest BCUT2D eigenvalue weighted by molar-refractivity contribution is -0.119. The maximum absolute atomic E-state index is 12.0. The van der Waals surface area contributed by atoms with Crippen molar-refractivity contribution in [2.24, 2.45) is 28.6 Å². The number of carbonyl (C=O) groups is 1. The highest BCUT2D eigenvalue weighted by Gasteiger charge is 2.58. The molecule has 4 aliphatic rings. The van der Waals surface area contributed by atoms with Crippen LogP contribution in [-0.4, -0.2) is 32.2 Å². The van der Waals surface area contributed by atoms with Gasteiger partial charge in [0.1, 0.15) is 0 Å². The Balaban J connectivity index is 1.74. The van der Waals surface area contributed by atoms with Gasteiger partial charge in [-0.05, 0) is 65.9 Å². The average molecular weight is 304 g/mol. The van der Waals surface area contributed by atoms with E-state index in [4.69, 9.17) is 9.47 Å².